The van der Waals surface area contributed by atoms with Crippen molar-refractivity contribution in [2.45, 2.75) is 6.92 Å². The number of aromatic nitrogens is 3. The van der Waals surface area contributed by atoms with Crippen LogP contribution in [0.3, 0.4) is 0 Å². The van der Waals surface area contributed by atoms with Gasteiger partial charge in [0, 0.05) is 18.3 Å². The quantitative estimate of drug-likeness (QED) is 0.729. The first-order valence-electron chi connectivity index (χ1n) is 7.76. The summed E-state index contributed by atoms with van der Waals surface area (Å²) < 4.78 is 7.21. The highest BCUT2D eigenvalue weighted by atomic mass is 16.5. The molecule has 1 aromatic heterocycles. The molecule has 124 valence electrons. The van der Waals surface area contributed by atoms with Crippen LogP contribution < -0.4 is 10.1 Å². The van der Waals surface area contributed by atoms with Crippen molar-refractivity contribution in [2.24, 2.45) is 0 Å². The zero-order chi connectivity index (χ0) is 16.9. The van der Waals surface area contributed by atoms with Crippen LogP contribution in [0.25, 0.3) is 16.9 Å². The second-order valence-corrected chi connectivity index (χ2v) is 5.40. The van der Waals surface area contributed by atoms with Crippen LogP contribution in [0.4, 0.5) is 5.69 Å². The molecule has 0 fully saturated rings. The fourth-order valence-corrected chi connectivity index (χ4v) is 2.42. The van der Waals surface area contributed by atoms with E-state index in [-0.39, 0.29) is 13.2 Å². The second kappa shape index (κ2) is 7.14. The number of aliphatic hydroxyl groups is 1. The molecular weight excluding hydrogens is 304 g/mol. The zero-order valence-corrected chi connectivity index (χ0v) is 13.7. The van der Waals surface area contributed by atoms with Gasteiger partial charge in [-0.05, 0) is 42.8 Å². The minimum Gasteiger partial charge on any atom is -0.491 e. The summed E-state index contributed by atoms with van der Waals surface area (Å²) in [5.41, 5.74) is 4.78. The Kier molecular flexibility index (Phi) is 4.77. The van der Waals surface area contributed by atoms with E-state index in [0.717, 1.165) is 33.9 Å². The number of rotatable bonds is 6. The van der Waals surface area contributed by atoms with Crippen LogP contribution in [0.5, 0.6) is 5.75 Å². The van der Waals surface area contributed by atoms with Crippen LogP contribution in [0.1, 0.15) is 5.56 Å². The van der Waals surface area contributed by atoms with Crippen molar-refractivity contribution in [1.82, 2.24) is 15.0 Å². The van der Waals surface area contributed by atoms with Crippen molar-refractivity contribution >= 4 is 5.69 Å². The molecule has 0 atom stereocenters. The summed E-state index contributed by atoms with van der Waals surface area (Å²) in [5.74, 6) is 0.760. The van der Waals surface area contributed by atoms with Crippen molar-refractivity contribution in [1.29, 1.82) is 0 Å². The standard InChI is InChI=1S/C18H20N4O2/c1-13-11-16(7-8-18(13)24-10-9-23)22-12-17(20-21-22)14-3-5-15(19-2)6-4-14/h3-8,11-12,19,23H,9-10H2,1-2H3. The molecule has 0 saturated carbocycles. The molecular formula is C18H20N4O2. The minimum atomic E-state index is -0.0000310. The van der Waals surface area contributed by atoms with Crippen molar-refractivity contribution in [3.63, 3.8) is 0 Å². The average Bonchev–Trinajstić information content (AvgIpc) is 3.11. The third kappa shape index (κ3) is 3.38. The largest absolute Gasteiger partial charge is 0.491 e. The summed E-state index contributed by atoms with van der Waals surface area (Å²) in [6, 6.07) is 13.8. The lowest BCUT2D eigenvalue weighted by atomic mass is 10.1. The van der Waals surface area contributed by atoms with Gasteiger partial charge in [-0.25, -0.2) is 4.68 Å². The molecule has 0 saturated heterocycles. The molecule has 3 aromatic rings. The van der Waals surface area contributed by atoms with E-state index in [1.807, 2.05) is 62.6 Å². The van der Waals surface area contributed by atoms with Gasteiger partial charge in [0.1, 0.15) is 18.1 Å². The Bertz CT molecular complexity index is 812. The van der Waals surface area contributed by atoms with Gasteiger partial charge < -0.3 is 15.2 Å². The van der Waals surface area contributed by atoms with Crippen LogP contribution in [0.2, 0.25) is 0 Å². The van der Waals surface area contributed by atoms with E-state index in [9.17, 15) is 0 Å². The van der Waals surface area contributed by atoms with Crippen LogP contribution in [0, 0.1) is 6.92 Å². The molecule has 2 aromatic carbocycles. The zero-order valence-electron chi connectivity index (χ0n) is 13.7. The summed E-state index contributed by atoms with van der Waals surface area (Å²) in [6.45, 7) is 2.25. The van der Waals surface area contributed by atoms with Crippen LogP contribution in [-0.4, -0.2) is 40.4 Å². The van der Waals surface area contributed by atoms with E-state index in [1.165, 1.54) is 0 Å². The highest BCUT2D eigenvalue weighted by Gasteiger charge is 2.07. The maximum atomic E-state index is 8.84. The minimum absolute atomic E-state index is 0.0000310. The molecule has 6 heteroatoms. The lowest BCUT2D eigenvalue weighted by molar-refractivity contribution is 0.200. The van der Waals surface area contributed by atoms with Gasteiger partial charge in [-0.15, -0.1) is 5.10 Å². The van der Waals surface area contributed by atoms with E-state index in [4.69, 9.17) is 9.84 Å². The van der Waals surface area contributed by atoms with Crippen molar-refractivity contribution in [3.05, 3.63) is 54.2 Å². The number of hydrogen-bond acceptors (Lipinski definition) is 5. The topological polar surface area (TPSA) is 72.2 Å². The number of hydrogen-bond donors (Lipinski definition) is 2. The van der Waals surface area contributed by atoms with Gasteiger partial charge in [0.15, 0.2) is 0 Å². The molecule has 2 N–H and O–H groups in total. The first kappa shape index (κ1) is 16.0. The molecule has 6 nitrogen and oxygen atoms in total. The Morgan fingerprint density at radius 3 is 2.62 bits per heavy atom. The molecule has 0 amide bonds. The number of benzene rings is 2. The molecule has 24 heavy (non-hydrogen) atoms. The highest BCUT2D eigenvalue weighted by Crippen LogP contribution is 2.23. The molecule has 3 rings (SSSR count). The lowest BCUT2D eigenvalue weighted by Gasteiger charge is -2.09. The normalized spacial score (nSPS) is 10.6. The SMILES string of the molecule is CNc1ccc(-c2cn(-c3ccc(OCCO)c(C)c3)nn2)cc1. The number of aryl methyl sites for hydroxylation is 1. The lowest BCUT2D eigenvalue weighted by Crippen LogP contribution is -2.03. The average molecular weight is 324 g/mol. The molecule has 0 unspecified atom stereocenters. The Balaban J connectivity index is 1.83. The summed E-state index contributed by atoms with van der Waals surface area (Å²) in [4.78, 5) is 0. The van der Waals surface area contributed by atoms with Gasteiger partial charge in [-0.1, -0.05) is 17.3 Å². The smallest absolute Gasteiger partial charge is 0.122 e. The number of nitrogens with zero attached hydrogens (tertiary/aromatic N) is 3. The first-order chi connectivity index (χ1) is 11.7. The predicted octanol–water partition coefficient (Wildman–Crippen LogP) is 2.66. The van der Waals surface area contributed by atoms with E-state index in [1.54, 1.807) is 4.68 Å². The Morgan fingerprint density at radius 2 is 1.96 bits per heavy atom. The fourth-order valence-electron chi connectivity index (χ4n) is 2.42. The summed E-state index contributed by atoms with van der Waals surface area (Å²) in [5, 5.41) is 20.4. The van der Waals surface area contributed by atoms with Gasteiger partial charge in [-0.3, -0.25) is 0 Å². The van der Waals surface area contributed by atoms with Crippen molar-refractivity contribution < 1.29 is 9.84 Å². The molecule has 0 aliphatic heterocycles. The second-order valence-electron chi connectivity index (χ2n) is 5.40. The van der Waals surface area contributed by atoms with E-state index >= 15 is 0 Å². The molecule has 1 heterocycles. The number of ether oxygens (including phenoxy) is 1. The maximum Gasteiger partial charge on any atom is 0.122 e. The Labute approximate surface area is 140 Å². The number of nitrogens with one attached hydrogen (secondary N) is 1. The van der Waals surface area contributed by atoms with E-state index in [0.29, 0.717) is 0 Å². The molecule has 0 aliphatic carbocycles. The van der Waals surface area contributed by atoms with Gasteiger partial charge >= 0.3 is 0 Å². The summed E-state index contributed by atoms with van der Waals surface area (Å²) in [6.07, 6.45) is 1.90. The van der Waals surface area contributed by atoms with Gasteiger partial charge in [0.2, 0.25) is 0 Å². The van der Waals surface area contributed by atoms with E-state index in [2.05, 4.69) is 15.6 Å². The van der Waals surface area contributed by atoms with Crippen LogP contribution in [-0.2, 0) is 0 Å². The van der Waals surface area contributed by atoms with Crippen LogP contribution >= 0.6 is 0 Å². The van der Waals surface area contributed by atoms with Crippen molar-refractivity contribution in [3.8, 4) is 22.7 Å². The van der Waals surface area contributed by atoms with Gasteiger partial charge in [-0.2, -0.15) is 0 Å². The highest BCUT2D eigenvalue weighted by molar-refractivity contribution is 5.62. The predicted molar refractivity (Wildman–Crippen MR) is 93.7 cm³/mol. The Morgan fingerprint density at radius 1 is 1.17 bits per heavy atom. The molecule has 0 bridgehead atoms. The number of anilines is 1. The first-order valence-corrected chi connectivity index (χ1v) is 7.76. The van der Waals surface area contributed by atoms with Gasteiger partial charge in [0.05, 0.1) is 18.5 Å². The summed E-state index contributed by atoms with van der Waals surface area (Å²) >= 11 is 0. The molecule has 0 aliphatic rings. The molecule has 0 spiro atoms. The fraction of sp³-hybridized carbons (Fsp3) is 0.222. The van der Waals surface area contributed by atoms with Gasteiger partial charge in [0.25, 0.3) is 0 Å². The van der Waals surface area contributed by atoms with Crippen LogP contribution in [0.15, 0.2) is 48.7 Å². The maximum absolute atomic E-state index is 8.84. The summed E-state index contributed by atoms with van der Waals surface area (Å²) in [7, 11) is 1.89. The van der Waals surface area contributed by atoms with Crippen molar-refractivity contribution in [2.75, 3.05) is 25.6 Å². The monoisotopic (exact) mass is 324 g/mol. The van der Waals surface area contributed by atoms with E-state index < -0.39 is 0 Å². The number of aliphatic hydroxyl groups excluding tert-OH is 1. The molecule has 0 radical (unpaired) electrons. The Hall–Kier alpha value is -2.86. The third-order valence-electron chi connectivity index (χ3n) is 3.73. The third-order valence-corrected chi connectivity index (χ3v) is 3.73.